The normalized spacial score (nSPS) is 18.2. The molecule has 18 heavy (non-hydrogen) atoms. The van der Waals surface area contributed by atoms with E-state index in [-0.39, 0.29) is 11.3 Å². The molecule has 0 bridgehead atoms. The number of nitrogens with one attached hydrogen (secondary N) is 1. The smallest absolute Gasteiger partial charge is 0.331 e. The fraction of sp³-hybridized carbons (Fsp3) is 0.0833. The number of rotatable bonds is 1. The summed E-state index contributed by atoms with van der Waals surface area (Å²) >= 11 is 0. The van der Waals surface area contributed by atoms with Crippen molar-refractivity contribution in [1.29, 1.82) is 0 Å². The van der Waals surface area contributed by atoms with E-state index in [1.807, 2.05) is 0 Å². The van der Waals surface area contributed by atoms with Crippen molar-refractivity contribution < 1.29 is 19.5 Å². The second-order valence-electron chi connectivity index (χ2n) is 3.77. The Hall–Kier alpha value is -2.63. The van der Waals surface area contributed by atoms with Gasteiger partial charge in [0.2, 0.25) is 0 Å². The molecule has 1 aromatic carbocycles. The number of aromatic hydroxyl groups is 1. The fourth-order valence-electron chi connectivity index (χ4n) is 1.48. The molecule has 0 aromatic heterocycles. The first-order valence-corrected chi connectivity index (χ1v) is 5.13. The zero-order valence-electron chi connectivity index (χ0n) is 9.51. The minimum absolute atomic E-state index is 0.0869. The fourth-order valence-corrected chi connectivity index (χ4v) is 1.48. The van der Waals surface area contributed by atoms with Gasteiger partial charge in [-0.05, 0) is 23.8 Å². The van der Waals surface area contributed by atoms with Crippen LogP contribution in [0.3, 0.4) is 0 Å². The number of phenols is 1. The highest BCUT2D eigenvalue weighted by atomic mass is 16.3. The molecule has 1 fully saturated rings. The molecule has 1 saturated heterocycles. The number of hydrogen-bond donors (Lipinski definition) is 2. The summed E-state index contributed by atoms with van der Waals surface area (Å²) in [6.45, 7) is 0. The first kappa shape index (κ1) is 11.8. The third-order valence-corrected chi connectivity index (χ3v) is 2.51. The maximum atomic E-state index is 11.7. The second-order valence-corrected chi connectivity index (χ2v) is 3.77. The third kappa shape index (κ3) is 2.08. The highest BCUT2D eigenvalue weighted by molar-refractivity contribution is 6.30. The molecular weight excluding hydrogens is 236 g/mol. The van der Waals surface area contributed by atoms with Crippen molar-refractivity contribution in [1.82, 2.24) is 10.2 Å². The number of benzene rings is 1. The molecule has 0 spiro atoms. The molecule has 4 amide bonds. The largest absolute Gasteiger partial charge is 0.508 e. The van der Waals surface area contributed by atoms with E-state index in [9.17, 15) is 14.4 Å². The van der Waals surface area contributed by atoms with E-state index in [0.717, 1.165) is 4.90 Å². The Morgan fingerprint density at radius 2 is 1.78 bits per heavy atom. The Bertz CT molecular complexity index is 560. The van der Waals surface area contributed by atoms with Crippen molar-refractivity contribution >= 4 is 23.9 Å². The van der Waals surface area contributed by atoms with E-state index in [2.05, 4.69) is 5.32 Å². The Labute approximate surface area is 103 Å². The monoisotopic (exact) mass is 246 g/mol. The van der Waals surface area contributed by atoms with E-state index in [1.54, 1.807) is 12.1 Å². The quantitative estimate of drug-likeness (QED) is 0.557. The lowest BCUT2D eigenvalue weighted by Gasteiger charge is -2.22. The molecule has 2 N–H and O–H groups in total. The molecule has 1 heterocycles. The minimum atomic E-state index is -0.743. The Kier molecular flexibility index (Phi) is 2.85. The summed E-state index contributed by atoms with van der Waals surface area (Å²) < 4.78 is 0. The summed E-state index contributed by atoms with van der Waals surface area (Å²) in [5.74, 6) is -1.29. The summed E-state index contributed by atoms with van der Waals surface area (Å²) in [5.41, 5.74) is 0.455. The SMILES string of the molecule is CN1C(=O)NC(=O)/C(=C/c2ccc(O)cc2)C1=O. The summed E-state index contributed by atoms with van der Waals surface area (Å²) in [7, 11) is 1.29. The van der Waals surface area contributed by atoms with Gasteiger partial charge in [0, 0.05) is 7.05 Å². The van der Waals surface area contributed by atoms with Crippen LogP contribution in [0, 0.1) is 0 Å². The van der Waals surface area contributed by atoms with E-state index in [4.69, 9.17) is 5.11 Å². The molecule has 1 aliphatic rings. The van der Waals surface area contributed by atoms with Gasteiger partial charge in [-0.15, -0.1) is 0 Å². The van der Waals surface area contributed by atoms with Crippen molar-refractivity contribution in [3.8, 4) is 5.75 Å². The third-order valence-electron chi connectivity index (χ3n) is 2.51. The van der Waals surface area contributed by atoms with Crippen LogP contribution in [0.1, 0.15) is 5.56 Å². The number of likely N-dealkylation sites (N-methyl/N-ethyl adjacent to an activating group) is 1. The molecule has 1 aromatic rings. The Balaban J connectivity index is 2.37. The molecule has 6 heteroatoms. The molecule has 2 rings (SSSR count). The lowest BCUT2D eigenvalue weighted by molar-refractivity contribution is -0.129. The van der Waals surface area contributed by atoms with Gasteiger partial charge in [0.1, 0.15) is 11.3 Å². The number of nitrogens with zero attached hydrogens (tertiary/aromatic N) is 1. The highest BCUT2D eigenvalue weighted by Crippen LogP contribution is 2.15. The predicted octanol–water partition coefficient (Wildman–Crippen LogP) is 0.484. The van der Waals surface area contributed by atoms with Gasteiger partial charge in [-0.2, -0.15) is 0 Å². The van der Waals surface area contributed by atoms with Crippen LogP contribution in [0.25, 0.3) is 6.08 Å². The van der Waals surface area contributed by atoms with E-state index in [0.29, 0.717) is 5.56 Å². The summed E-state index contributed by atoms with van der Waals surface area (Å²) in [4.78, 5) is 35.3. The molecule has 6 nitrogen and oxygen atoms in total. The predicted molar refractivity (Wildman–Crippen MR) is 62.4 cm³/mol. The molecule has 0 atom stereocenters. The average Bonchev–Trinajstić information content (AvgIpc) is 2.34. The molecule has 0 radical (unpaired) electrons. The average molecular weight is 246 g/mol. The summed E-state index contributed by atoms with van der Waals surface area (Å²) in [6.07, 6.45) is 1.36. The van der Waals surface area contributed by atoms with Gasteiger partial charge in [0.25, 0.3) is 11.8 Å². The standard InChI is InChI=1S/C12H10N2O4/c1-14-11(17)9(10(16)13-12(14)18)6-7-2-4-8(15)5-3-7/h2-6,15H,1H3,(H,13,16,18)/b9-6-. The Morgan fingerprint density at radius 3 is 2.39 bits per heavy atom. The van der Waals surface area contributed by atoms with Crippen molar-refractivity contribution in [2.75, 3.05) is 7.05 Å². The summed E-state index contributed by atoms with van der Waals surface area (Å²) in [6, 6.07) is 5.24. The van der Waals surface area contributed by atoms with Crippen LogP contribution in [0.4, 0.5) is 4.79 Å². The number of barbiturate groups is 1. The minimum Gasteiger partial charge on any atom is -0.508 e. The maximum Gasteiger partial charge on any atom is 0.331 e. The number of urea groups is 1. The van der Waals surface area contributed by atoms with Crippen LogP contribution in [-0.2, 0) is 9.59 Å². The van der Waals surface area contributed by atoms with Gasteiger partial charge in [-0.25, -0.2) is 4.79 Å². The zero-order chi connectivity index (χ0) is 13.3. The van der Waals surface area contributed by atoms with Gasteiger partial charge in [-0.1, -0.05) is 12.1 Å². The number of carbonyl (C=O) groups is 3. The second kappa shape index (κ2) is 4.33. The van der Waals surface area contributed by atoms with Crippen molar-refractivity contribution in [3.63, 3.8) is 0 Å². The topological polar surface area (TPSA) is 86.7 Å². The van der Waals surface area contributed by atoms with Crippen molar-refractivity contribution in [2.45, 2.75) is 0 Å². The maximum absolute atomic E-state index is 11.7. The van der Waals surface area contributed by atoms with E-state index < -0.39 is 17.8 Å². The summed E-state index contributed by atoms with van der Waals surface area (Å²) in [5, 5.41) is 11.2. The lowest BCUT2D eigenvalue weighted by Crippen LogP contribution is -2.52. The number of carbonyl (C=O) groups excluding carboxylic acids is 3. The number of hydrogen-bond acceptors (Lipinski definition) is 4. The molecule has 0 unspecified atom stereocenters. The van der Waals surface area contributed by atoms with Gasteiger partial charge in [0.15, 0.2) is 0 Å². The van der Waals surface area contributed by atoms with Crippen molar-refractivity contribution in [3.05, 3.63) is 35.4 Å². The van der Waals surface area contributed by atoms with Gasteiger partial charge >= 0.3 is 6.03 Å². The van der Waals surface area contributed by atoms with E-state index in [1.165, 1.54) is 25.3 Å². The van der Waals surface area contributed by atoms with Crippen LogP contribution in [0.5, 0.6) is 5.75 Å². The lowest BCUT2D eigenvalue weighted by atomic mass is 10.1. The highest BCUT2D eigenvalue weighted by Gasteiger charge is 2.32. The van der Waals surface area contributed by atoms with Crippen LogP contribution in [-0.4, -0.2) is 34.9 Å². The van der Waals surface area contributed by atoms with Crippen molar-refractivity contribution in [2.24, 2.45) is 0 Å². The number of imide groups is 2. The first-order chi connectivity index (χ1) is 8.49. The van der Waals surface area contributed by atoms with Gasteiger partial charge < -0.3 is 5.11 Å². The molecule has 1 aliphatic heterocycles. The van der Waals surface area contributed by atoms with Gasteiger partial charge in [-0.3, -0.25) is 19.8 Å². The van der Waals surface area contributed by atoms with Gasteiger partial charge in [0.05, 0.1) is 0 Å². The van der Waals surface area contributed by atoms with Crippen LogP contribution < -0.4 is 5.32 Å². The first-order valence-electron chi connectivity index (χ1n) is 5.13. The molecule has 0 aliphatic carbocycles. The van der Waals surface area contributed by atoms with Crippen LogP contribution in [0.15, 0.2) is 29.8 Å². The van der Waals surface area contributed by atoms with E-state index >= 15 is 0 Å². The zero-order valence-corrected chi connectivity index (χ0v) is 9.51. The molecule has 92 valence electrons. The number of amides is 4. The Morgan fingerprint density at radius 1 is 1.17 bits per heavy atom. The molecular formula is C12H10N2O4. The molecule has 0 saturated carbocycles. The van der Waals surface area contributed by atoms with Crippen LogP contribution >= 0.6 is 0 Å². The number of phenolic OH excluding ortho intramolecular Hbond substituents is 1. The van der Waals surface area contributed by atoms with Crippen LogP contribution in [0.2, 0.25) is 0 Å².